The number of carbonyl (C=O) groups excluding carboxylic acids is 1. The molecule has 5 nitrogen and oxygen atoms in total. The molecule has 1 aliphatic carbocycles. The van der Waals surface area contributed by atoms with Gasteiger partial charge in [-0.3, -0.25) is 9.79 Å². The van der Waals surface area contributed by atoms with Crippen molar-refractivity contribution in [3.05, 3.63) is 0 Å². The molecule has 0 aromatic heterocycles. The van der Waals surface area contributed by atoms with E-state index in [1.165, 1.54) is 32.1 Å². The number of nitrogens with zero attached hydrogens (tertiary/aromatic N) is 1. The first kappa shape index (κ1) is 18.8. The van der Waals surface area contributed by atoms with E-state index in [4.69, 9.17) is 10.5 Å². The van der Waals surface area contributed by atoms with Crippen molar-refractivity contribution in [2.75, 3.05) is 6.54 Å². The zero-order valence-electron chi connectivity index (χ0n) is 14.5. The summed E-state index contributed by atoms with van der Waals surface area (Å²) in [5, 5.41) is 3.31. The van der Waals surface area contributed by atoms with E-state index < -0.39 is 0 Å². The Morgan fingerprint density at radius 2 is 1.86 bits per heavy atom. The van der Waals surface area contributed by atoms with Crippen LogP contribution in [0.4, 0.5) is 0 Å². The minimum absolute atomic E-state index is 0.116. The highest BCUT2D eigenvalue weighted by Crippen LogP contribution is 2.17. The van der Waals surface area contributed by atoms with Crippen LogP contribution in [0.15, 0.2) is 4.99 Å². The summed E-state index contributed by atoms with van der Waals surface area (Å²) in [5.74, 6) is 0.452. The lowest BCUT2D eigenvalue weighted by Gasteiger charge is -2.23. The van der Waals surface area contributed by atoms with E-state index >= 15 is 0 Å². The monoisotopic (exact) mass is 311 g/mol. The fourth-order valence-corrected chi connectivity index (χ4v) is 2.65. The van der Waals surface area contributed by atoms with Gasteiger partial charge in [0.1, 0.15) is 5.60 Å². The fourth-order valence-electron chi connectivity index (χ4n) is 2.65. The van der Waals surface area contributed by atoms with Crippen LogP contribution in [0.1, 0.15) is 78.6 Å². The molecular weight excluding hydrogens is 278 g/mol. The summed E-state index contributed by atoms with van der Waals surface area (Å²) >= 11 is 0. The van der Waals surface area contributed by atoms with Crippen LogP contribution in [0.3, 0.4) is 0 Å². The summed E-state index contributed by atoms with van der Waals surface area (Å²) in [7, 11) is 0. The molecule has 0 unspecified atom stereocenters. The van der Waals surface area contributed by atoms with Crippen molar-refractivity contribution < 1.29 is 9.53 Å². The first-order chi connectivity index (χ1) is 10.4. The predicted molar refractivity (Wildman–Crippen MR) is 90.8 cm³/mol. The van der Waals surface area contributed by atoms with E-state index in [9.17, 15) is 4.79 Å². The van der Waals surface area contributed by atoms with Crippen LogP contribution in [0.2, 0.25) is 0 Å². The maximum Gasteiger partial charge on any atom is 0.306 e. The van der Waals surface area contributed by atoms with Crippen LogP contribution in [0, 0.1) is 0 Å². The van der Waals surface area contributed by atoms with Crippen molar-refractivity contribution in [2.24, 2.45) is 10.7 Å². The number of aliphatic imine (C=N–C) groups is 1. The zero-order chi connectivity index (χ0) is 16.4. The highest BCUT2D eigenvalue weighted by Gasteiger charge is 2.15. The summed E-state index contributed by atoms with van der Waals surface area (Å²) in [6, 6.07) is 0.504. The molecule has 0 bridgehead atoms. The number of nitrogens with one attached hydrogen (secondary N) is 1. The van der Waals surface area contributed by atoms with Crippen LogP contribution < -0.4 is 11.1 Å². The number of esters is 1. The Morgan fingerprint density at radius 3 is 2.50 bits per heavy atom. The molecule has 0 radical (unpaired) electrons. The molecule has 0 saturated heterocycles. The average Bonchev–Trinajstić information content (AvgIpc) is 2.42. The van der Waals surface area contributed by atoms with Crippen LogP contribution in [0.5, 0.6) is 0 Å². The van der Waals surface area contributed by atoms with Crippen molar-refractivity contribution in [3.63, 3.8) is 0 Å². The molecule has 0 atom stereocenters. The highest BCUT2D eigenvalue weighted by atomic mass is 16.6. The standard InChI is InChI=1S/C17H33N3O2/c1-17(2,3)22-15(21)12-8-5-9-13-19-16(18)20-14-10-6-4-7-11-14/h14H,4-13H2,1-3H3,(H3,18,19,20). The van der Waals surface area contributed by atoms with Crippen molar-refractivity contribution in [3.8, 4) is 0 Å². The lowest BCUT2D eigenvalue weighted by atomic mass is 9.96. The quantitative estimate of drug-likeness (QED) is 0.328. The molecule has 1 saturated carbocycles. The lowest BCUT2D eigenvalue weighted by Crippen LogP contribution is -2.41. The van der Waals surface area contributed by atoms with Gasteiger partial charge >= 0.3 is 5.97 Å². The number of nitrogens with two attached hydrogens (primary N) is 1. The molecule has 1 fully saturated rings. The number of rotatable bonds is 7. The van der Waals surface area contributed by atoms with Gasteiger partial charge in [0.25, 0.3) is 0 Å². The molecule has 3 N–H and O–H groups in total. The highest BCUT2D eigenvalue weighted by molar-refractivity contribution is 5.78. The average molecular weight is 311 g/mol. The molecule has 5 heteroatoms. The predicted octanol–water partition coefficient (Wildman–Crippen LogP) is 3.13. The SMILES string of the molecule is CC(C)(C)OC(=O)CCCCCN=C(N)NC1CCCCC1. The fraction of sp³-hybridized carbons (Fsp3) is 0.882. The van der Waals surface area contributed by atoms with E-state index in [0.717, 1.165) is 25.8 Å². The number of unbranched alkanes of at least 4 members (excludes halogenated alkanes) is 2. The second kappa shape index (κ2) is 9.70. The number of ether oxygens (including phenoxy) is 1. The summed E-state index contributed by atoms with van der Waals surface area (Å²) in [6.45, 7) is 6.39. The summed E-state index contributed by atoms with van der Waals surface area (Å²) < 4.78 is 5.27. The molecule has 1 rings (SSSR count). The van der Waals surface area contributed by atoms with Crippen LogP contribution >= 0.6 is 0 Å². The molecular formula is C17H33N3O2. The van der Waals surface area contributed by atoms with E-state index in [1.54, 1.807) is 0 Å². The largest absolute Gasteiger partial charge is 0.460 e. The van der Waals surface area contributed by atoms with Crippen molar-refractivity contribution in [2.45, 2.75) is 90.2 Å². The summed E-state index contributed by atoms with van der Waals surface area (Å²) in [5.41, 5.74) is 5.51. The lowest BCUT2D eigenvalue weighted by molar-refractivity contribution is -0.154. The Bertz CT molecular complexity index is 355. The van der Waals surface area contributed by atoms with Crippen molar-refractivity contribution in [1.82, 2.24) is 5.32 Å². The van der Waals surface area contributed by atoms with Gasteiger partial charge < -0.3 is 15.8 Å². The second-order valence-corrected chi connectivity index (χ2v) is 7.14. The number of hydrogen-bond donors (Lipinski definition) is 2. The smallest absolute Gasteiger partial charge is 0.306 e. The third kappa shape index (κ3) is 9.64. The summed E-state index contributed by atoms with van der Waals surface area (Å²) in [6.07, 6.45) is 9.57. The van der Waals surface area contributed by atoms with Gasteiger partial charge in [0.15, 0.2) is 5.96 Å². The van der Waals surface area contributed by atoms with E-state index in [-0.39, 0.29) is 11.6 Å². The third-order valence-electron chi connectivity index (χ3n) is 3.70. The van der Waals surface area contributed by atoms with Crippen LogP contribution in [0.25, 0.3) is 0 Å². The minimum atomic E-state index is -0.388. The third-order valence-corrected chi connectivity index (χ3v) is 3.70. The zero-order valence-corrected chi connectivity index (χ0v) is 14.5. The first-order valence-electron chi connectivity index (χ1n) is 8.65. The van der Waals surface area contributed by atoms with E-state index in [1.807, 2.05) is 20.8 Å². The molecule has 0 aliphatic heterocycles. The second-order valence-electron chi connectivity index (χ2n) is 7.14. The van der Waals surface area contributed by atoms with Gasteiger partial charge in [0, 0.05) is 19.0 Å². The molecule has 0 aromatic rings. The van der Waals surface area contributed by atoms with Crippen molar-refractivity contribution >= 4 is 11.9 Å². The maximum atomic E-state index is 11.5. The molecule has 0 spiro atoms. The topological polar surface area (TPSA) is 76.7 Å². The molecule has 0 amide bonds. The van der Waals surface area contributed by atoms with E-state index in [0.29, 0.717) is 18.4 Å². The van der Waals surface area contributed by atoms with Crippen LogP contribution in [-0.4, -0.2) is 30.1 Å². The molecule has 0 heterocycles. The van der Waals surface area contributed by atoms with Gasteiger partial charge in [-0.1, -0.05) is 25.7 Å². The Hall–Kier alpha value is -1.26. The number of hydrogen-bond acceptors (Lipinski definition) is 3. The van der Waals surface area contributed by atoms with Crippen molar-refractivity contribution in [1.29, 1.82) is 0 Å². The molecule has 1 aliphatic rings. The Balaban J connectivity index is 2.04. The Kier molecular flexibility index (Phi) is 8.28. The van der Waals surface area contributed by atoms with Crippen LogP contribution in [-0.2, 0) is 9.53 Å². The Morgan fingerprint density at radius 1 is 1.18 bits per heavy atom. The van der Waals surface area contributed by atoms with Gasteiger partial charge in [0.2, 0.25) is 0 Å². The van der Waals surface area contributed by atoms with Gasteiger partial charge in [-0.25, -0.2) is 0 Å². The summed E-state index contributed by atoms with van der Waals surface area (Å²) in [4.78, 5) is 15.9. The van der Waals surface area contributed by atoms with E-state index in [2.05, 4.69) is 10.3 Å². The van der Waals surface area contributed by atoms with Gasteiger partial charge in [-0.2, -0.15) is 0 Å². The van der Waals surface area contributed by atoms with Gasteiger partial charge in [-0.05, 0) is 46.5 Å². The molecule has 0 aromatic carbocycles. The molecule has 22 heavy (non-hydrogen) atoms. The number of guanidine groups is 1. The van der Waals surface area contributed by atoms with Gasteiger partial charge in [-0.15, -0.1) is 0 Å². The Labute approximate surface area is 135 Å². The first-order valence-corrected chi connectivity index (χ1v) is 8.65. The molecule has 128 valence electrons. The normalized spacial score (nSPS) is 17.3. The maximum absolute atomic E-state index is 11.5. The van der Waals surface area contributed by atoms with Gasteiger partial charge in [0.05, 0.1) is 0 Å². The number of carbonyl (C=O) groups is 1. The minimum Gasteiger partial charge on any atom is -0.460 e.